The lowest BCUT2D eigenvalue weighted by Crippen LogP contribution is -1.90. The van der Waals surface area contributed by atoms with Crippen molar-refractivity contribution in [1.82, 2.24) is 0 Å². The predicted molar refractivity (Wildman–Crippen MR) is 32.6 cm³/mol. The molecule has 0 saturated carbocycles. The Labute approximate surface area is 45.9 Å². The van der Waals surface area contributed by atoms with Gasteiger partial charge in [0.1, 0.15) is 0 Å². The van der Waals surface area contributed by atoms with Crippen molar-refractivity contribution in [1.29, 1.82) is 0 Å². The van der Waals surface area contributed by atoms with Gasteiger partial charge < -0.3 is 0 Å². The average molecular weight is 95.2 g/mol. The molecular formula is C7H11. The normalized spacial score (nSPS) is 8.86. The predicted octanol–water partition coefficient (Wildman–Crippen LogP) is 1.87. The summed E-state index contributed by atoms with van der Waals surface area (Å²) in [5.41, 5.74) is 0. The largest absolute Gasteiger partial charge is 0.120 e. The second-order valence-corrected chi connectivity index (χ2v) is 1.51. The Kier molecular flexibility index (Phi) is 3.50. The number of hydrogen-bond acceptors (Lipinski definition) is 0. The van der Waals surface area contributed by atoms with Gasteiger partial charge in [0.05, 0.1) is 0 Å². The van der Waals surface area contributed by atoms with Crippen molar-refractivity contribution >= 4 is 0 Å². The van der Waals surface area contributed by atoms with Crippen LogP contribution in [0.5, 0.6) is 0 Å². The van der Waals surface area contributed by atoms with E-state index in [0.717, 1.165) is 6.42 Å². The van der Waals surface area contributed by atoms with E-state index < -0.39 is 0 Å². The third-order valence-corrected chi connectivity index (χ3v) is 1.06. The summed E-state index contributed by atoms with van der Waals surface area (Å²) >= 11 is 0. The van der Waals surface area contributed by atoms with Crippen molar-refractivity contribution in [3.63, 3.8) is 0 Å². The van der Waals surface area contributed by atoms with Crippen molar-refractivity contribution < 1.29 is 0 Å². The maximum Gasteiger partial charge on any atom is 0.0226 e. The third kappa shape index (κ3) is 2.28. The first-order valence-electron chi connectivity index (χ1n) is 2.60. The molecule has 0 aliphatic rings. The molecule has 0 amide bonds. The van der Waals surface area contributed by atoms with Crippen molar-refractivity contribution in [3.8, 4) is 12.3 Å². The average Bonchev–Trinajstić information content (AvgIpc) is 1.72. The Hall–Kier alpha value is -0.440. The molecule has 0 aromatic heterocycles. The third-order valence-electron chi connectivity index (χ3n) is 1.06. The molecule has 7 heavy (non-hydrogen) atoms. The van der Waals surface area contributed by atoms with Crippen LogP contribution in [0.1, 0.15) is 20.3 Å². The van der Waals surface area contributed by atoms with Crippen molar-refractivity contribution in [2.75, 3.05) is 0 Å². The minimum absolute atomic E-state index is 0.389. The second-order valence-electron chi connectivity index (χ2n) is 1.51. The van der Waals surface area contributed by atoms with Crippen LogP contribution in [0.4, 0.5) is 0 Å². The Bertz CT molecular complexity index is 62.6. The second kappa shape index (κ2) is 3.74. The van der Waals surface area contributed by atoms with Gasteiger partial charge in [-0.2, -0.15) is 0 Å². The van der Waals surface area contributed by atoms with E-state index in [-0.39, 0.29) is 0 Å². The summed E-state index contributed by atoms with van der Waals surface area (Å²) in [4.78, 5) is 0. The van der Waals surface area contributed by atoms with Crippen LogP contribution in [0.2, 0.25) is 0 Å². The fourth-order valence-corrected chi connectivity index (χ4v) is 0.450. The zero-order valence-corrected chi connectivity index (χ0v) is 4.94. The Balaban J connectivity index is 3.23. The van der Waals surface area contributed by atoms with Gasteiger partial charge in [-0.15, -0.1) is 12.3 Å². The highest BCUT2D eigenvalue weighted by Gasteiger charge is 1.93. The smallest absolute Gasteiger partial charge is 0.0226 e. The van der Waals surface area contributed by atoms with Gasteiger partial charge in [-0.05, 0) is 12.8 Å². The van der Waals surface area contributed by atoms with Crippen molar-refractivity contribution in [3.05, 3.63) is 6.42 Å². The maximum atomic E-state index is 5.11. The molecule has 1 radical (unpaired) electrons. The van der Waals surface area contributed by atoms with Gasteiger partial charge in [-0.1, -0.05) is 13.8 Å². The highest BCUT2D eigenvalue weighted by molar-refractivity contribution is 4.97. The van der Waals surface area contributed by atoms with E-state index in [0.29, 0.717) is 5.92 Å². The molecule has 0 fully saturated rings. The molecular weight excluding hydrogens is 84.1 g/mol. The van der Waals surface area contributed by atoms with Crippen LogP contribution in [0.25, 0.3) is 0 Å². The molecule has 0 heterocycles. The summed E-state index contributed by atoms with van der Waals surface area (Å²) in [7, 11) is 0. The van der Waals surface area contributed by atoms with Crippen LogP contribution in [0, 0.1) is 24.7 Å². The molecule has 0 bridgehead atoms. The molecule has 0 N–H and O–H groups in total. The van der Waals surface area contributed by atoms with Crippen LogP contribution >= 0.6 is 0 Å². The van der Waals surface area contributed by atoms with Gasteiger partial charge >= 0.3 is 0 Å². The fourth-order valence-electron chi connectivity index (χ4n) is 0.450. The maximum absolute atomic E-state index is 5.11. The monoisotopic (exact) mass is 95.1 g/mol. The van der Waals surface area contributed by atoms with Gasteiger partial charge in [0.25, 0.3) is 0 Å². The summed E-state index contributed by atoms with van der Waals surface area (Å²) in [6.07, 6.45) is 8.22. The molecule has 1 atom stereocenters. The van der Waals surface area contributed by atoms with E-state index in [4.69, 9.17) is 6.42 Å². The molecule has 0 rings (SSSR count). The topological polar surface area (TPSA) is 0 Å². The molecule has 0 aromatic carbocycles. The molecule has 0 saturated heterocycles. The van der Waals surface area contributed by atoms with E-state index >= 15 is 0 Å². The SMILES string of the molecule is C#CC([CH]C)CC. The fraction of sp³-hybridized carbons (Fsp3) is 0.571. The van der Waals surface area contributed by atoms with Crippen LogP contribution < -0.4 is 0 Å². The van der Waals surface area contributed by atoms with Crippen LogP contribution in [-0.4, -0.2) is 0 Å². The van der Waals surface area contributed by atoms with E-state index in [1.807, 2.05) is 13.3 Å². The first-order chi connectivity index (χ1) is 3.35. The highest BCUT2D eigenvalue weighted by atomic mass is 14.0. The Morgan fingerprint density at radius 3 is 2.43 bits per heavy atom. The summed E-state index contributed by atoms with van der Waals surface area (Å²) in [5.74, 6) is 3.03. The summed E-state index contributed by atoms with van der Waals surface area (Å²) in [6, 6.07) is 0. The summed E-state index contributed by atoms with van der Waals surface area (Å²) < 4.78 is 0. The summed E-state index contributed by atoms with van der Waals surface area (Å²) in [5, 5.41) is 0. The Morgan fingerprint density at radius 1 is 1.86 bits per heavy atom. The minimum atomic E-state index is 0.389. The Morgan fingerprint density at radius 2 is 2.43 bits per heavy atom. The molecule has 0 spiro atoms. The van der Waals surface area contributed by atoms with E-state index in [2.05, 4.69) is 12.8 Å². The zero-order valence-electron chi connectivity index (χ0n) is 4.94. The molecule has 0 heteroatoms. The van der Waals surface area contributed by atoms with Crippen LogP contribution in [0.15, 0.2) is 0 Å². The van der Waals surface area contributed by atoms with Crippen molar-refractivity contribution in [2.24, 2.45) is 5.92 Å². The molecule has 0 aromatic rings. The first-order valence-corrected chi connectivity index (χ1v) is 2.60. The van der Waals surface area contributed by atoms with Gasteiger partial charge in [0, 0.05) is 5.92 Å². The lowest BCUT2D eigenvalue weighted by molar-refractivity contribution is 0.746. The summed E-state index contributed by atoms with van der Waals surface area (Å²) in [6.45, 7) is 4.08. The molecule has 0 aliphatic heterocycles. The zero-order chi connectivity index (χ0) is 5.70. The van der Waals surface area contributed by atoms with Crippen molar-refractivity contribution in [2.45, 2.75) is 20.3 Å². The lowest BCUT2D eigenvalue weighted by atomic mass is 10.1. The molecule has 1 unspecified atom stereocenters. The quantitative estimate of drug-likeness (QED) is 0.459. The van der Waals surface area contributed by atoms with Gasteiger partial charge in [-0.25, -0.2) is 0 Å². The number of rotatable bonds is 2. The number of terminal acetylenes is 1. The van der Waals surface area contributed by atoms with Crippen LogP contribution in [0.3, 0.4) is 0 Å². The molecule has 39 valence electrons. The minimum Gasteiger partial charge on any atom is -0.120 e. The van der Waals surface area contributed by atoms with E-state index in [1.165, 1.54) is 0 Å². The van der Waals surface area contributed by atoms with E-state index in [1.54, 1.807) is 0 Å². The number of hydrogen-bond donors (Lipinski definition) is 0. The highest BCUT2D eigenvalue weighted by Crippen LogP contribution is 2.01. The standard InChI is InChI=1S/C7H11/c1-4-7(5-2)6-3/h1,5,7H,6H2,2-3H3. The molecule has 0 nitrogen and oxygen atoms in total. The van der Waals surface area contributed by atoms with Gasteiger partial charge in [0.15, 0.2) is 0 Å². The first kappa shape index (κ1) is 6.56. The lowest BCUT2D eigenvalue weighted by Gasteiger charge is -1.98. The van der Waals surface area contributed by atoms with Gasteiger partial charge in [0.2, 0.25) is 0 Å². The van der Waals surface area contributed by atoms with Crippen LogP contribution in [-0.2, 0) is 0 Å². The van der Waals surface area contributed by atoms with Gasteiger partial charge in [-0.3, -0.25) is 0 Å². The van der Waals surface area contributed by atoms with E-state index in [9.17, 15) is 0 Å². The molecule has 0 aliphatic carbocycles.